The molecule has 0 aliphatic rings. The summed E-state index contributed by atoms with van der Waals surface area (Å²) in [5.74, 6) is -1.17. The van der Waals surface area contributed by atoms with Crippen LogP contribution in [0.3, 0.4) is 0 Å². The predicted octanol–water partition coefficient (Wildman–Crippen LogP) is -0.813. The van der Waals surface area contributed by atoms with E-state index in [-0.39, 0.29) is 37.5 Å². The van der Waals surface area contributed by atoms with Crippen molar-refractivity contribution in [2.45, 2.75) is 25.8 Å². The van der Waals surface area contributed by atoms with Gasteiger partial charge in [-0.25, -0.2) is 0 Å². The fourth-order valence-electron chi connectivity index (χ4n) is 1.21. The maximum atomic E-state index is 11.5. The normalized spacial score (nSPS) is 12.1. The second kappa shape index (κ2) is 7.95. The van der Waals surface area contributed by atoms with Gasteiger partial charge in [0.05, 0.1) is 19.1 Å². The molecule has 0 aromatic carbocycles. The summed E-state index contributed by atoms with van der Waals surface area (Å²) in [4.78, 5) is 32.7. The maximum absolute atomic E-state index is 11.5. The summed E-state index contributed by atoms with van der Waals surface area (Å²) in [7, 11) is 1.64. The van der Waals surface area contributed by atoms with Crippen molar-refractivity contribution >= 4 is 17.5 Å². The van der Waals surface area contributed by atoms with Crippen molar-refractivity contribution in [1.82, 2.24) is 10.6 Å². The van der Waals surface area contributed by atoms with Crippen LogP contribution < -0.4 is 10.6 Å². The van der Waals surface area contributed by atoms with E-state index in [4.69, 9.17) is 5.11 Å². The summed E-state index contributed by atoms with van der Waals surface area (Å²) in [6.07, 6.45) is 0.105. The van der Waals surface area contributed by atoms with Crippen LogP contribution in [0, 0.1) is 0 Å². The minimum atomic E-state index is -0.952. The van der Waals surface area contributed by atoms with Gasteiger partial charge in [-0.1, -0.05) is 0 Å². The lowest BCUT2D eigenvalue weighted by Crippen LogP contribution is -2.43. The van der Waals surface area contributed by atoms with Crippen LogP contribution in [0.1, 0.15) is 19.8 Å². The molecule has 0 saturated heterocycles. The Labute approximate surface area is 94.4 Å². The van der Waals surface area contributed by atoms with Gasteiger partial charge in [0.1, 0.15) is 5.78 Å². The topological polar surface area (TPSA) is 95.5 Å². The first kappa shape index (κ1) is 14.7. The van der Waals surface area contributed by atoms with E-state index in [0.717, 1.165) is 0 Å². The first-order valence-corrected chi connectivity index (χ1v) is 5.09. The number of carboxylic acids is 1. The summed E-state index contributed by atoms with van der Waals surface area (Å²) >= 11 is 0. The molecule has 0 aromatic rings. The largest absolute Gasteiger partial charge is 0.481 e. The molecule has 16 heavy (non-hydrogen) atoms. The van der Waals surface area contributed by atoms with Gasteiger partial charge in [0.25, 0.3) is 0 Å². The monoisotopic (exact) mass is 230 g/mol. The highest BCUT2D eigenvalue weighted by Crippen LogP contribution is 1.99. The molecule has 6 heteroatoms. The molecule has 0 saturated carbocycles. The van der Waals surface area contributed by atoms with Gasteiger partial charge < -0.3 is 15.7 Å². The highest BCUT2D eigenvalue weighted by atomic mass is 16.4. The van der Waals surface area contributed by atoms with Gasteiger partial charge in [-0.05, 0) is 20.4 Å². The van der Waals surface area contributed by atoms with E-state index in [1.807, 2.05) is 0 Å². The van der Waals surface area contributed by atoms with Crippen molar-refractivity contribution in [3.63, 3.8) is 0 Å². The van der Waals surface area contributed by atoms with Crippen LogP contribution in [0.15, 0.2) is 0 Å². The van der Waals surface area contributed by atoms with E-state index in [2.05, 4.69) is 10.6 Å². The second-order valence-corrected chi connectivity index (χ2v) is 3.56. The third-order valence-corrected chi connectivity index (χ3v) is 1.98. The zero-order chi connectivity index (χ0) is 12.6. The summed E-state index contributed by atoms with van der Waals surface area (Å²) in [5.41, 5.74) is 0. The van der Waals surface area contributed by atoms with Gasteiger partial charge in [-0.2, -0.15) is 0 Å². The number of ketones is 2. The van der Waals surface area contributed by atoms with Crippen LogP contribution in [0.4, 0.5) is 0 Å². The standard InChI is InChI=1S/C10H18N2O4/c1-7(13)5-12-8(3-4-10(15)16)9(14)6-11-2/h8,11-12H,3-6H2,1-2H3,(H,15,16). The molecule has 1 atom stereocenters. The molecule has 1 unspecified atom stereocenters. The van der Waals surface area contributed by atoms with E-state index in [1.165, 1.54) is 6.92 Å². The summed E-state index contributed by atoms with van der Waals surface area (Å²) < 4.78 is 0. The zero-order valence-electron chi connectivity index (χ0n) is 9.58. The molecule has 0 bridgehead atoms. The predicted molar refractivity (Wildman–Crippen MR) is 58.3 cm³/mol. The Morgan fingerprint density at radius 3 is 2.31 bits per heavy atom. The number of hydrogen-bond donors (Lipinski definition) is 3. The third kappa shape index (κ3) is 7.08. The number of hydrogen-bond acceptors (Lipinski definition) is 5. The van der Waals surface area contributed by atoms with Crippen LogP contribution >= 0.6 is 0 Å². The molecule has 0 amide bonds. The minimum absolute atomic E-state index is 0.0831. The fourth-order valence-corrected chi connectivity index (χ4v) is 1.21. The number of carbonyl (C=O) groups excluding carboxylic acids is 2. The van der Waals surface area contributed by atoms with E-state index < -0.39 is 12.0 Å². The smallest absolute Gasteiger partial charge is 0.303 e. The third-order valence-electron chi connectivity index (χ3n) is 1.98. The Morgan fingerprint density at radius 2 is 1.88 bits per heavy atom. The Kier molecular flexibility index (Phi) is 7.32. The summed E-state index contributed by atoms with van der Waals surface area (Å²) in [6.45, 7) is 1.65. The van der Waals surface area contributed by atoms with Crippen molar-refractivity contribution in [2.75, 3.05) is 20.1 Å². The van der Waals surface area contributed by atoms with Crippen molar-refractivity contribution in [3.8, 4) is 0 Å². The maximum Gasteiger partial charge on any atom is 0.303 e. The van der Waals surface area contributed by atoms with E-state index in [0.29, 0.717) is 0 Å². The Hall–Kier alpha value is -1.27. The highest BCUT2D eigenvalue weighted by molar-refractivity contribution is 5.87. The van der Waals surface area contributed by atoms with Crippen LogP contribution in [-0.4, -0.2) is 48.8 Å². The average molecular weight is 230 g/mol. The summed E-state index contributed by atoms with van der Waals surface area (Å²) in [5, 5.41) is 14.0. The first-order valence-electron chi connectivity index (χ1n) is 5.09. The molecule has 0 heterocycles. The Bertz CT molecular complexity index is 248. The average Bonchev–Trinajstić information content (AvgIpc) is 2.17. The van der Waals surface area contributed by atoms with E-state index >= 15 is 0 Å². The Morgan fingerprint density at radius 1 is 1.25 bits per heavy atom. The molecular weight excluding hydrogens is 212 g/mol. The van der Waals surface area contributed by atoms with Crippen molar-refractivity contribution in [1.29, 1.82) is 0 Å². The number of aliphatic carboxylic acids is 1. The molecule has 0 spiro atoms. The summed E-state index contributed by atoms with van der Waals surface area (Å²) in [6, 6.07) is -0.576. The van der Waals surface area contributed by atoms with Crippen LogP contribution in [-0.2, 0) is 14.4 Å². The van der Waals surface area contributed by atoms with E-state index in [1.54, 1.807) is 7.05 Å². The molecule has 0 fully saturated rings. The lowest BCUT2D eigenvalue weighted by molar-refractivity contribution is -0.137. The number of carbonyl (C=O) groups is 3. The van der Waals surface area contributed by atoms with E-state index in [9.17, 15) is 14.4 Å². The van der Waals surface area contributed by atoms with Crippen molar-refractivity contribution in [2.24, 2.45) is 0 Å². The van der Waals surface area contributed by atoms with Gasteiger partial charge in [0.15, 0.2) is 5.78 Å². The Balaban J connectivity index is 4.19. The molecule has 3 N–H and O–H groups in total. The number of Topliss-reactive ketones (excluding diaryl/α,β-unsaturated/α-hetero) is 2. The molecule has 0 aromatic heterocycles. The highest BCUT2D eigenvalue weighted by Gasteiger charge is 2.18. The van der Waals surface area contributed by atoms with Gasteiger partial charge in [-0.15, -0.1) is 0 Å². The quantitative estimate of drug-likeness (QED) is 0.479. The first-order chi connectivity index (χ1) is 7.47. The number of rotatable bonds is 9. The molecule has 6 nitrogen and oxygen atoms in total. The molecule has 0 aliphatic carbocycles. The van der Waals surface area contributed by atoms with Gasteiger partial charge in [0.2, 0.25) is 0 Å². The minimum Gasteiger partial charge on any atom is -0.481 e. The lowest BCUT2D eigenvalue weighted by Gasteiger charge is -2.15. The number of nitrogens with one attached hydrogen (secondary N) is 2. The molecule has 0 aliphatic heterocycles. The SMILES string of the molecule is CNCC(=O)C(CCC(=O)O)NCC(C)=O. The molecule has 0 rings (SSSR count). The van der Waals surface area contributed by atoms with Crippen molar-refractivity contribution in [3.05, 3.63) is 0 Å². The number of carboxylic acid groups (broad SMARTS) is 1. The van der Waals surface area contributed by atoms with Crippen LogP contribution in [0.2, 0.25) is 0 Å². The zero-order valence-corrected chi connectivity index (χ0v) is 9.58. The molecule has 0 radical (unpaired) electrons. The van der Waals surface area contributed by atoms with Crippen LogP contribution in [0.25, 0.3) is 0 Å². The van der Waals surface area contributed by atoms with Crippen molar-refractivity contribution < 1.29 is 19.5 Å². The second-order valence-electron chi connectivity index (χ2n) is 3.56. The van der Waals surface area contributed by atoms with Gasteiger partial charge in [0, 0.05) is 6.42 Å². The fraction of sp³-hybridized carbons (Fsp3) is 0.700. The lowest BCUT2D eigenvalue weighted by atomic mass is 10.1. The molecule has 92 valence electrons. The van der Waals surface area contributed by atoms with Crippen LogP contribution in [0.5, 0.6) is 0 Å². The van der Waals surface area contributed by atoms with Gasteiger partial charge >= 0.3 is 5.97 Å². The van der Waals surface area contributed by atoms with Gasteiger partial charge in [-0.3, -0.25) is 14.4 Å². The molecular formula is C10H18N2O4. The number of likely N-dealkylation sites (N-methyl/N-ethyl adjacent to an activating group) is 1.